The van der Waals surface area contributed by atoms with E-state index in [1.807, 2.05) is 24.3 Å². The van der Waals surface area contributed by atoms with E-state index in [4.69, 9.17) is 30.6 Å². The van der Waals surface area contributed by atoms with Crippen molar-refractivity contribution in [2.24, 2.45) is 11.8 Å². The highest BCUT2D eigenvalue weighted by atomic mass is 16.3. The first-order valence-corrected chi connectivity index (χ1v) is 25.1. The van der Waals surface area contributed by atoms with Crippen molar-refractivity contribution in [1.29, 1.82) is 0 Å². The van der Waals surface area contributed by atoms with Crippen LogP contribution in [-0.4, -0.2) is 70.3 Å². The molecule has 0 aliphatic heterocycles. The summed E-state index contributed by atoms with van der Waals surface area (Å²) < 4.78 is 0. The minimum Gasteiger partial charge on any atom is -0.396 e. The Labute approximate surface area is 411 Å². The highest BCUT2D eigenvalue weighted by molar-refractivity contribution is 5.04. The molecule has 0 amide bonds. The van der Waals surface area contributed by atoms with Gasteiger partial charge in [-0.15, -0.1) is 0 Å². The van der Waals surface area contributed by atoms with Gasteiger partial charge in [-0.2, -0.15) is 0 Å². The maximum absolute atomic E-state index is 8.63. The van der Waals surface area contributed by atoms with E-state index < -0.39 is 0 Å². The van der Waals surface area contributed by atoms with Crippen molar-refractivity contribution in [2.75, 3.05) is 39.6 Å². The lowest BCUT2D eigenvalue weighted by atomic mass is 10.0. The SMILES string of the molecule is CC(C)=CCC/C(C)=C/CO.CC(C)=CCC/C(C)=C/CO.CC(C)=CCC/C(C)=C\CO.CC(C)=CCC/C(C)=C\CO.CC(C)=CCCC(C)CCO.CC(C)=CCCC(C)CCO. The number of allylic oxidation sites excluding steroid dienone is 16. The fraction of sp³-hybridized carbons (Fsp3) is 0.667. The van der Waals surface area contributed by atoms with Crippen LogP contribution in [0.2, 0.25) is 0 Å². The molecule has 0 saturated carbocycles. The molecule has 2 atom stereocenters. The summed E-state index contributed by atoms with van der Waals surface area (Å²) in [4.78, 5) is 0. The van der Waals surface area contributed by atoms with E-state index in [0.29, 0.717) is 25.0 Å². The summed E-state index contributed by atoms with van der Waals surface area (Å²) in [5.41, 5.74) is 13.3. The standard InChI is InChI=1S/2C10H20O.4C10H18O/c6*1-9(2)5-4-6-10(3)7-8-11/h2*5,10-11H,4,6-8H2,1-3H3;4*5,7,11H,4,6,8H2,1-3H3/b;;2*10-7+;2*10-7-. The highest BCUT2D eigenvalue weighted by Gasteiger charge is 1.99. The van der Waals surface area contributed by atoms with Crippen molar-refractivity contribution >= 4 is 0 Å². The zero-order valence-corrected chi connectivity index (χ0v) is 46.8. The van der Waals surface area contributed by atoms with Crippen LogP contribution in [0.5, 0.6) is 0 Å². The molecule has 0 radical (unpaired) electrons. The Morgan fingerprint density at radius 2 is 0.455 bits per heavy atom. The van der Waals surface area contributed by atoms with Crippen LogP contribution in [0.3, 0.4) is 0 Å². The van der Waals surface area contributed by atoms with Crippen LogP contribution in [0.4, 0.5) is 0 Å². The predicted molar refractivity (Wildman–Crippen MR) is 297 cm³/mol. The largest absolute Gasteiger partial charge is 0.396 e. The molecular weight excluding hydrogens is 817 g/mol. The van der Waals surface area contributed by atoms with Crippen molar-refractivity contribution in [1.82, 2.24) is 0 Å². The molecule has 0 fully saturated rings. The third-order valence-electron chi connectivity index (χ3n) is 9.79. The van der Waals surface area contributed by atoms with Crippen LogP contribution in [0.25, 0.3) is 0 Å². The second-order valence-electron chi connectivity index (χ2n) is 19.2. The Bertz CT molecular complexity index is 1190. The molecule has 0 aliphatic carbocycles. The molecule has 0 heterocycles. The highest BCUT2D eigenvalue weighted by Crippen LogP contribution is 2.12. The zero-order chi connectivity index (χ0) is 52.1. The van der Waals surface area contributed by atoms with Crippen LogP contribution >= 0.6 is 0 Å². The Balaban J connectivity index is -0.000000164. The van der Waals surface area contributed by atoms with Crippen molar-refractivity contribution in [3.63, 3.8) is 0 Å². The minimum atomic E-state index is 0.167. The lowest BCUT2D eigenvalue weighted by Gasteiger charge is -2.06. The Hall–Kier alpha value is -2.84. The normalized spacial score (nSPS) is 11.9. The van der Waals surface area contributed by atoms with Gasteiger partial charge in [-0.05, 0) is 213 Å². The molecule has 0 aliphatic rings. The van der Waals surface area contributed by atoms with E-state index in [2.05, 4.69) is 161 Å². The van der Waals surface area contributed by atoms with E-state index in [1.54, 1.807) is 0 Å². The van der Waals surface area contributed by atoms with Gasteiger partial charge in [0, 0.05) is 13.2 Å². The number of hydrogen-bond donors (Lipinski definition) is 6. The summed E-state index contributed by atoms with van der Waals surface area (Å²) in [7, 11) is 0. The smallest absolute Gasteiger partial charge is 0.0614 e. The van der Waals surface area contributed by atoms with Crippen molar-refractivity contribution in [3.05, 3.63) is 116 Å². The van der Waals surface area contributed by atoms with Gasteiger partial charge in [-0.3, -0.25) is 0 Å². The third kappa shape index (κ3) is 84.6. The topological polar surface area (TPSA) is 121 Å². The van der Waals surface area contributed by atoms with Gasteiger partial charge in [0.2, 0.25) is 0 Å². The van der Waals surface area contributed by atoms with Gasteiger partial charge < -0.3 is 30.6 Å². The molecule has 6 nitrogen and oxygen atoms in total. The first-order valence-electron chi connectivity index (χ1n) is 25.1. The molecular formula is C60H112O6. The van der Waals surface area contributed by atoms with Crippen molar-refractivity contribution in [2.45, 2.75) is 215 Å². The van der Waals surface area contributed by atoms with Crippen LogP contribution in [0.15, 0.2) is 116 Å². The molecule has 388 valence electrons. The number of aliphatic hydroxyl groups excluding tert-OH is 6. The summed E-state index contributed by atoms with van der Waals surface area (Å²) in [5.74, 6) is 1.33. The lowest BCUT2D eigenvalue weighted by molar-refractivity contribution is 0.258. The monoisotopic (exact) mass is 929 g/mol. The summed E-state index contributed by atoms with van der Waals surface area (Å²) in [6, 6.07) is 0. The fourth-order valence-electron chi connectivity index (χ4n) is 5.43. The molecule has 0 aromatic heterocycles. The van der Waals surface area contributed by atoms with Gasteiger partial charge in [-0.1, -0.05) is 130 Å². The van der Waals surface area contributed by atoms with E-state index in [1.165, 1.54) is 68.6 Å². The first kappa shape index (κ1) is 74.7. The molecule has 0 aromatic carbocycles. The zero-order valence-electron chi connectivity index (χ0n) is 46.8. The molecule has 0 rings (SSSR count). The summed E-state index contributed by atoms with van der Waals surface area (Å²) in [6.07, 6.45) is 36.0. The Kier molecular flexibility index (Phi) is 66.0. The van der Waals surface area contributed by atoms with Gasteiger partial charge in [-0.25, -0.2) is 0 Å². The summed E-state index contributed by atoms with van der Waals surface area (Å²) in [5, 5.41) is 51.5. The van der Waals surface area contributed by atoms with Crippen LogP contribution in [0.1, 0.15) is 215 Å². The average Bonchev–Trinajstić information content (AvgIpc) is 3.19. The number of hydrogen-bond acceptors (Lipinski definition) is 6. The van der Waals surface area contributed by atoms with Crippen molar-refractivity contribution in [3.8, 4) is 0 Å². The molecule has 0 aromatic rings. The Morgan fingerprint density at radius 3 is 0.606 bits per heavy atom. The first-order chi connectivity index (χ1) is 31.0. The quantitative estimate of drug-likeness (QED) is 0.0481. The minimum absolute atomic E-state index is 0.167. The van der Waals surface area contributed by atoms with Gasteiger partial charge in [0.1, 0.15) is 0 Å². The van der Waals surface area contributed by atoms with E-state index >= 15 is 0 Å². The maximum Gasteiger partial charge on any atom is 0.0614 e. The summed E-state index contributed by atoms with van der Waals surface area (Å²) in [6.45, 7) is 39.2. The molecule has 6 N–H and O–H groups in total. The second kappa shape index (κ2) is 58.3. The average molecular weight is 930 g/mol. The molecule has 0 bridgehead atoms. The van der Waals surface area contributed by atoms with Crippen LogP contribution in [-0.2, 0) is 0 Å². The van der Waals surface area contributed by atoms with E-state index in [9.17, 15) is 0 Å². The molecule has 66 heavy (non-hydrogen) atoms. The number of aliphatic hydroxyl groups is 6. The molecule has 0 spiro atoms. The summed E-state index contributed by atoms with van der Waals surface area (Å²) >= 11 is 0. The van der Waals surface area contributed by atoms with Gasteiger partial charge in [0.05, 0.1) is 26.4 Å². The Morgan fingerprint density at radius 1 is 0.273 bits per heavy atom. The fourth-order valence-corrected chi connectivity index (χ4v) is 5.43. The lowest BCUT2D eigenvalue weighted by Crippen LogP contribution is -1.96. The number of rotatable bonds is 26. The second-order valence-corrected chi connectivity index (χ2v) is 19.2. The van der Waals surface area contributed by atoms with Crippen molar-refractivity contribution < 1.29 is 30.6 Å². The van der Waals surface area contributed by atoms with Crippen LogP contribution in [0, 0.1) is 11.8 Å². The molecule has 6 heteroatoms. The van der Waals surface area contributed by atoms with Gasteiger partial charge >= 0.3 is 0 Å². The van der Waals surface area contributed by atoms with E-state index in [0.717, 1.165) is 77.0 Å². The predicted octanol–water partition coefficient (Wildman–Crippen LogP) is 16.2. The molecule has 0 saturated heterocycles. The molecule has 2 unspecified atom stereocenters. The van der Waals surface area contributed by atoms with Gasteiger partial charge in [0.25, 0.3) is 0 Å². The third-order valence-corrected chi connectivity index (χ3v) is 9.79. The van der Waals surface area contributed by atoms with Crippen LogP contribution < -0.4 is 0 Å². The maximum atomic E-state index is 8.63. The van der Waals surface area contributed by atoms with E-state index in [-0.39, 0.29) is 26.4 Å². The van der Waals surface area contributed by atoms with Gasteiger partial charge in [0.15, 0.2) is 0 Å².